The maximum atomic E-state index is 14.6. The number of aromatic nitrogens is 2. The normalized spacial score (nSPS) is 19.4. The number of ether oxygens (including phenoxy) is 1. The van der Waals surface area contributed by atoms with E-state index < -0.39 is 0 Å². The van der Waals surface area contributed by atoms with E-state index in [-0.39, 0.29) is 5.82 Å². The van der Waals surface area contributed by atoms with Crippen molar-refractivity contribution in [1.29, 1.82) is 0 Å². The fourth-order valence-electron chi connectivity index (χ4n) is 3.90. The molecular formula is C21H21FN4OS2. The minimum atomic E-state index is -0.279. The molecule has 3 aromatic heterocycles. The van der Waals surface area contributed by atoms with E-state index in [2.05, 4.69) is 26.7 Å². The Bertz CT molecular complexity index is 1160. The highest BCUT2D eigenvalue weighted by Crippen LogP contribution is 2.39. The molecule has 2 N–H and O–H groups in total. The van der Waals surface area contributed by atoms with Gasteiger partial charge >= 0.3 is 0 Å². The molecule has 0 bridgehead atoms. The molecular weight excluding hydrogens is 407 g/mol. The molecule has 150 valence electrons. The maximum absolute atomic E-state index is 14.6. The number of hydrogen-bond donors (Lipinski definition) is 2. The zero-order valence-corrected chi connectivity index (χ0v) is 17.6. The van der Waals surface area contributed by atoms with E-state index in [1.165, 1.54) is 22.3 Å². The van der Waals surface area contributed by atoms with E-state index in [0.717, 1.165) is 45.7 Å². The van der Waals surface area contributed by atoms with Crippen LogP contribution < -0.4 is 10.6 Å². The third-order valence-corrected chi connectivity index (χ3v) is 7.33. The lowest BCUT2D eigenvalue weighted by molar-refractivity contribution is 0.124. The van der Waals surface area contributed by atoms with Crippen LogP contribution in [0, 0.1) is 5.82 Å². The Hall–Kier alpha value is -2.13. The van der Waals surface area contributed by atoms with Crippen LogP contribution in [0.1, 0.15) is 24.1 Å². The Morgan fingerprint density at radius 2 is 2.21 bits per heavy atom. The van der Waals surface area contributed by atoms with Gasteiger partial charge < -0.3 is 15.4 Å². The van der Waals surface area contributed by atoms with Gasteiger partial charge in [0.2, 0.25) is 0 Å². The predicted octanol–water partition coefficient (Wildman–Crippen LogP) is 5.27. The highest BCUT2D eigenvalue weighted by atomic mass is 32.1. The molecule has 1 aliphatic rings. The molecule has 8 heteroatoms. The van der Waals surface area contributed by atoms with Crippen LogP contribution in [-0.4, -0.2) is 35.8 Å². The Morgan fingerprint density at radius 3 is 3.10 bits per heavy atom. The monoisotopic (exact) mass is 428 g/mol. The SMILES string of the molecule is CCOCC1NCCC1c1cc2c(Nc3cc4ncsc4cc3F)ccnc2s1. The van der Waals surface area contributed by atoms with Crippen molar-refractivity contribution in [3.63, 3.8) is 0 Å². The van der Waals surface area contributed by atoms with Crippen molar-refractivity contribution in [1.82, 2.24) is 15.3 Å². The molecule has 4 heterocycles. The quantitative estimate of drug-likeness (QED) is 0.438. The van der Waals surface area contributed by atoms with E-state index in [1.54, 1.807) is 29.1 Å². The van der Waals surface area contributed by atoms with Gasteiger partial charge in [0, 0.05) is 35.0 Å². The fraction of sp³-hybridized carbons (Fsp3) is 0.333. The largest absolute Gasteiger partial charge is 0.380 e. The maximum Gasteiger partial charge on any atom is 0.148 e. The third-order valence-electron chi connectivity index (χ3n) is 5.36. The average molecular weight is 429 g/mol. The van der Waals surface area contributed by atoms with Crippen LogP contribution in [0.4, 0.5) is 15.8 Å². The molecule has 5 nitrogen and oxygen atoms in total. The summed E-state index contributed by atoms with van der Waals surface area (Å²) in [5.74, 6) is 0.135. The first kappa shape index (κ1) is 18.9. The van der Waals surface area contributed by atoms with Crippen LogP contribution in [0.2, 0.25) is 0 Å². The molecule has 29 heavy (non-hydrogen) atoms. The van der Waals surface area contributed by atoms with Crippen LogP contribution >= 0.6 is 22.7 Å². The predicted molar refractivity (Wildman–Crippen MR) is 118 cm³/mol. The Morgan fingerprint density at radius 1 is 1.28 bits per heavy atom. The number of fused-ring (bicyclic) bond motifs is 2. The molecule has 0 radical (unpaired) electrons. The number of pyridine rings is 1. The molecule has 0 aliphatic carbocycles. The van der Waals surface area contributed by atoms with E-state index in [1.807, 2.05) is 13.0 Å². The number of nitrogens with zero attached hydrogens (tertiary/aromatic N) is 2. The van der Waals surface area contributed by atoms with Gasteiger partial charge in [0.15, 0.2) is 0 Å². The van der Waals surface area contributed by atoms with E-state index >= 15 is 0 Å². The van der Waals surface area contributed by atoms with Crippen molar-refractivity contribution in [2.24, 2.45) is 0 Å². The lowest BCUT2D eigenvalue weighted by Crippen LogP contribution is -2.30. The molecule has 0 amide bonds. The minimum Gasteiger partial charge on any atom is -0.380 e. The number of thiophene rings is 1. The van der Waals surface area contributed by atoms with Crippen LogP contribution in [0.3, 0.4) is 0 Å². The van der Waals surface area contributed by atoms with E-state index in [0.29, 0.717) is 24.3 Å². The van der Waals surface area contributed by atoms with E-state index in [4.69, 9.17) is 4.74 Å². The summed E-state index contributed by atoms with van der Waals surface area (Å²) >= 11 is 3.15. The van der Waals surface area contributed by atoms with Crippen molar-refractivity contribution >= 4 is 54.5 Å². The van der Waals surface area contributed by atoms with Gasteiger partial charge in [0.05, 0.1) is 33.7 Å². The zero-order valence-electron chi connectivity index (χ0n) is 15.9. The molecule has 1 aromatic carbocycles. The molecule has 2 unspecified atom stereocenters. The Balaban J connectivity index is 1.48. The Labute approximate surface area is 175 Å². The highest BCUT2D eigenvalue weighted by Gasteiger charge is 2.30. The van der Waals surface area contributed by atoms with Crippen molar-refractivity contribution in [2.45, 2.75) is 25.3 Å². The number of hydrogen-bond acceptors (Lipinski definition) is 7. The fourth-order valence-corrected chi connectivity index (χ4v) is 5.81. The summed E-state index contributed by atoms with van der Waals surface area (Å²) in [7, 11) is 0. The van der Waals surface area contributed by atoms with Crippen molar-refractivity contribution in [3.05, 3.63) is 46.7 Å². The second-order valence-electron chi connectivity index (χ2n) is 7.12. The van der Waals surface area contributed by atoms with Crippen LogP contribution in [0.5, 0.6) is 0 Å². The molecule has 0 spiro atoms. The summed E-state index contributed by atoms with van der Waals surface area (Å²) in [5.41, 5.74) is 3.82. The lowest BCUT2D eigenvalue weighted by atomic mass is 9.99. The van der Waals surface area contributed by atoms with Gasteiger partial charge in [-0.25, -0.2) is 14.4 Å². The van der Waals surface area contributed by atoms with Crippen molar-refractivity contribution in [2.75, 3.05) is 25.1 Å². The molecule has 0 saturated carbocycles. The summed E-state index contributed by atoms with van der Waals surface area (Å²) in [4.78, 5) is 11.1. The van der Waals surface area contributed by atoms with Gasteiger partial charge in [0.25, 0.3) is 0 Å². The van der Waals surface area contributed by atoms with Crippen LogP contribution in [-0.2, 0) is 4.74 Å². The Kier molecular flexibility index (Phi) is 5.17. The number of benzene rings is 1. The van der Waals surface area contributed by atoms with E-state index in [9.17, 15) is 4.39 Å². The summed E-state index contributed by atoms with van der Waals surface area (Å²) < 4.78 is 21.1. The number of nitrogens with one attached hydrogen (secondary N) is 2. The van der Waals surface area contributed by atoms with Gasteiger partial charge in [-0.2, -0.15) is 0 Å². The molecule has 5 rings (SSSR count). The molecule has 1 aliphatic heterocycles. The van der Waals surface area contributed by atoms with Gasteiger partial charge in [-0.15, -0.1) is 22.7 Å². The van der Waals surface area contributed by atoms with Gasteiger partial charge in [-0.05, 0) is 44.2 Å². The second-order valence-corrected chi connectivity index (χ2v) is 9.07. The average Bonchev–Trinajstić information content (AvgIpc) is 3.45. The van der Waals surface area contributed by atoms with Crippen molar-refractivity contribution < 1.29 is 9.13 Å². The second kappa shape index (κ2) is 7.95. The van der Waals surface area contributed by atoms with Crippen molar-refractivity contribution in [3.8, 4) is 0 Å². The van der Waals surface area contributed by atoms with Gasteiger partial charge in [0.1, 0.15) is 10.6 Å². The first-order valence-electron chi connectivity index (χ1n) is 9.72. The minimum absolute atomic E-state index is 0.279. The van der Waals surface area contributed by atoms with Crippen LogP contribution in [0.15, 0.2) is 36.0 Å². The molecule has 1 fully saturated rings. The number of halogens is 1. The lowest BCUT2D eigenvalue weighted by Gasteiger charge is -2.17. The van der Waals surface area contributed by atoms with Gasteiger partial charge in [-0.1, -0.05) is 0 Å². The number of thiazole rings is 1. The zero-order chi connectivity index (χ0) is 19.8. The summed E-state index contributed by atoms with van der Waals surface area (Å²) in [6.07, 6.45) is 2.86. The molecule has 4 aromatic rings. The highest BCUT2D eigenvalue weighted by molar-refractivity contribution is 7.18. The first-order valence-corrected chi connectivity index (χ1v) is 11.4. The van der Waals surface area contributed by atoms with Crippen LogP contribution in [0.25, 0.3) is 20.4 Å². The third kappa shape index (κ3) is 3.61. The standard InChI is InChI=1S/C21H21FN4OS2/c1-2-27-10-18-12(3-5-23-18)19-7-13-15(4-6-24-21(13)29-19)26-16-9-17-20(8-14(16)22)28-11-25-17/h4,6-9,11-12,18,23H,2-3,5,10H2,1H3,(H,24,26). The van der Waals surface area contributed by atoms with Gasteiger partial charge in [-0.3, -0.25) is 0 Å². The number of rotatable bonds is 6. The summed E-state index contributed by atoms with van der Waals surface area (Å²) in [6.45, 7) is 4.45. The summed E-state index contributed by atoms with van der Waals surface area (Å²) in [5, 5.41) is 7.83. The molecule has 1 saturated heterocycles. The smallest absolute Gasteiger partial charge is 0.148 e. The number of anilines is 2. The summed E-state index contributed by atoms with van der Waals surface area (Å²) in [6, 6.07) is 7.72. The molecule has 2 atom stereocenters. The topological polar surface area (TPSA) is 59.1 Å². The first-order chi connectivity index (χ1) is 14.2.